The Bertz CT molecular complexity index is 336. The maximum absolute atomic E-state index is 5.82. The summed E-state index contributed by atoms with van der Waals surface area (Å²) in [6, 6.07) is 4.32. The molecule has 98 valence electrons. The van der Waals surface area contributed by atoms with E-state index in [-0.39, 0.29) is 5.41 Å². The predicted octanol–water partition coefficient (Wildman–Crippen LogP) is 3.71. The lowest BCUT2D eigenvalue weighted by Gasteiger charge is -2.31. The van der Waals surface area contributed by atoms with Gasteiger partial charge in [-0.1, -0.05) is 20.8 Å². The highest BCUT2D eigenvalue weighted by Crippen LogP contribution is 2.24. The van der Waals surface area contributed by atoms with Crippen molar-refractivity contribution >= 4 is 27.3 Å². The first-order chi connectivity index (χ1) is 7.96. The van der Waals surface area contributed by atoms with Crippen LogP contribution in [0.1, 0.15) is 32.1 Å². The maximum Gasteiger partial charge on any atom is 0.0701 e. The number of nitrogens with zero attached hydrogens (tertiary/aromatic N) is 1. The summed E-state index contributed by atoms with van der Waals surface area (Å²) in [6.07, 6.45) is 1.19. The fourth-order valence-corrected chi connectivity index (χ4v) is 3.38. The van der Waals surface area contributed by atoms with Crippen LogP contribution in [-0.4, -0.2) is 24.5 Å². The molecule has 2 N–H and O–H groups in total. The number of rotatable bonds is 7. The number of thiophene rings is 1. The Morgan fingerprint density at radius 2 is 2.12 bits per heavy atom. The smallest absolute Gasteiger partial charge is 0.0701 e. The van der Waals surface area contributed by atoms with Gasteiger partial charge in [-0.05, 0) is 53.0 Å². The fourth-order valence-electron chi connectivity index (χ4n) is 1.86. The lowest BCUT2D eigenvalue weighted by atomic mass is 9.93. The second kappa shape index (κ2) is 6.88. The third-order valence-electron chi connectivity index (χ3n) is 2.75. The van der Waals surface area contributed by atoms with Gasteiger partial charge in [-0.15, -0.1) is 11.3 Å². The average Bonchev–Trinajstić information content (AvgIpc) is 2.64. The molecule has 0 saturated heterocycles. The van der Waals surface area contributed by atoms with E-state index < -0.39 is 0 Å². The summed E-state index contributed by atoms with van der Waals surface area (Å²) in [5.74, 6) is 0. The van der Waals surface area contributed by atoms with Gasteiger partial charge in [0.05, 0.1) is 3.79 Å². The highest BCUT2D eigenvalue weighted by atomic mass is 79.9. The summed E-state index contributed by atoms with van der Waals surface area (Å²) in [7, 11) is 0. The van der Waals surface area contributed by atoms with Crippen LogP contribution in [0.3, 0.4) is 0 Å². The van der Waals surface area contributed by atoms with Gasteiger partial charge in [0.25, 0.3) is 0 Å². The van der Waals surface area contributed by atoms with Gasteiger partial charge in [0, 0.05) is 18.0 Å². The van der Waals surface area contributed by atoms with Crippen molar-refractivity contribution in [2.24, 2.45) is 11.1 Å². The zero-order valence-electron chi connectivity index (χ0n) is 11.0. The van der Waals surface area contributed by atoms with E-state index in [0.717, 1.165) is 26.2 Å². The van der Waals surface area contributed by atoms with Crippen LogP contribution in [0, 0.1) is 5.41 Å². The Balaban J connectivity index is 2.60. The summed E-state index contributed by atoms with van der Waals surface area (Å²) >= 11 is 5.34. The molecular weight excluding hydrogens is 296 g/mol. The molecule has 2 nitrogen and oxygen atoms in total. The van der Waals surface area contributed by atoms with Crippen LogP contribution in [-0.2, 0) is 6.54 Å². The summed E-state index contributed by atoms with van der Waals surface area (Å²) in [6.45, 7) is 10.7. The lowest BCUT2D eigenvalue weighted by molar-refractivity contribution is 0.177. The molecular formula is C13H23BrN2S. The molecule has 4 heteroatoms. The van der Waals surface area contributed by atoms with E-state index in [0.29, 0.717) is 0 Å². The highest BCUT2D eigenvalue weighted by Gasteiger charge is 2.20. The number of nitrogens with two attached hydrogens (primary N) is 1. The summed E-state index contributed by atoms with van der Waals surface area (Å²) in [4.78, 5) is 3.92. The Morgan fingerprint density at radius 1 is 1.41 bits per heavy atom. The van der Waals surface area contributed by atoms with E-state index in [2.05, 4.69) is 53.7 Å². The minimum atomic E-state index is 0.198. The summed E-state index contributed by atoms with van der Waals surface area (Å²) < 4.78 is 1.21. The monoisotopic (exact) mass is 318 g/mol. The topological polar surface area (TPSA) is 29.3 Å². The van der Waals surface area contributed by atoms with Crippen LogP contribution in [0.2, 0.25) is 0 Å². The van der Waals surface area contributed by atoms with Gasteiger partial charge in [-0.2, -0.15) is 0 Å². The molecule has 1 heterocycles. The average molecular weight is 319 g/mol. The van der Waals surface area contributed by atoms with Crippen LogP contribution in [0.15, 0.2) is 15.9 Å². The van der Waals surface area contributed by atoms with Crippen LogP contribution >= 0.6 is 27.3 Å². The van der Waals surface area contributed by atoms with Gasteiger partial charge in [-0.25, -0.2) is 0 Å². The first-order valence-electron chi connectivity index (χ1n) is 6.13. The zero-order chi connectivity index (χ0) is 12.9. The minimum Gasteiger partial charge on any atom is -0.330 e. The van der Waals surface area contributed by atoms with Crippen molar-refractivity contribution in [1.82, 2.24) is 4.90 Å². The molecule has 1 aromatic heterocycles. The van der Waals surface area contributed by atoms with Crippen LogP contribution < -0.4 is 5.73 Å². The third kappa shape index (κ3) is 5.51. The molecule has 0 unspecified atom stereocenters. The second-order valence-corrected chi connectivity index (χ2v) is 7.83. The molecule has 0 fully saturated rings. The molecule has 0 amide bonds. The normalized spacial score (nSPS) is 12.4. The number of hydrogen-bond donors (Lipinski definition) is 1. The van der Waals surface area contributed by atoms with Gasteiger partial charge in [0.2, 0.25) is 0 Å². The lowest BCUT2D eigenvalue weighted by Crippen LogP contribution is -2.38. The maximum atomic E-state index is 5.82. The molecule has 0 spiro atoms. The van der Waals surface area contributed by atoms with E-state index in [4.69, 9.17) is 5.73 Å². The van der Waals surface area contributed by atoms with E-state index >= 15 is 0 Å². The van der Waals surface area contributed by atoms with Gasteiger partial charge in [-0.3, -0.25) is 4.90 Å². The molecule has 0 aliphatic rings. The molecule has 0 aliphatic carbocycles. The van der Waals surface area contributed by atoms with Crippen molar-refractivity contribution in [2.45, 2.75) is 33.7 Å². The van der Waals surface area contributed by atoms with Crippen molar-refractivity contribution in [3.8, 4) is 0 Å². The van der Waals surface area contributed by atoms with Crippen molar-refractivity contribution in [3.63, 3.8) is 0 Å². The SMILES string of the molecule is CCCN(Cc1ccc(Br)s1)CC(C)(C)CN. The van der Waals surface area contributed by atoms with E-state index in [1.165, 1.54) is 15.1 Å². The van der Waals surface area contributed by atoms with E-state index in [1.54, 1.807) is 0 Å². The fraction of sp³-hybridized carbons (Fsp3) is 0.692. The Hall–Kier alpha value is 0.1000. The molecule has 0 aromatic carbocycles. The standard InChI is InChI=1S/C13H23BrN2S/c1-4-7-16(10-13(2,3)9-15)8-11-5-6-12(14)17-11/h5-6H,4,7-10,15H2,1-3H3. The van der Waals surface area contributed by atoms with Gasteiger partial charge in [0.1, 0.15) is 0 Å². The third-order valence-corrected chi connectivity index (χ3v) is 4.36. The quantitative estimate of drug-likeness (QED) is 0.830. The van der Waals surface area contributed by atoms with Crippen LogP contribution in [0.25, 0.3) is 0 Å². The van der Waals surface area contributed by atoms with Crippen molar-refractivity contribution < 1.29 is 0 Å². The largest absolute Gasteiger partial charge is 0.330 e. The molecule has 1 aromatic rings. The highest BCUT2D eigenvalue weighted by molar-refractivity contribution is 9.11. The van der Waals surface area contributed by atoms with Gasteiger partial charge < -0.3 is 5.73 Å². The Labute approximate surface area is 117 Å². The molecule has 0 atom stereocenters. The Kier molecular flexibility index (Phi) is 6.13. The van der Waals surface area contributed by atoms with Crippen molar-refractivity contribution in [2.75, 3.05) is 19.6 Å². The first-order valence-corrected chi connectivity index (χ1v) is 7.74. The number of halogens is 1. The zero-order valence-corrected chi connectivity index (χ0v) is 13.4. The number of hydrogen-bond acceptors (Lipinski definition) is 3. The van der Waals surface area contributed by atoms with E-state index in [9.17, 15) is 0 Å². The van der Waals surface area contributed by atoms with E-state index in [1.807, 2.05) is 11.3 Å². The predicted molar refractivity (Wildman–Crippen MR) is 80.4 cm³/mol. The van der Waals surface area contributed by atoms with Gasteiger partial charge in [0.15, 0.2) is 0 Å². The molecule has 0 saturated carbocycles. The summed E-state index contributed by atoms with van der Waals surface area (Å²) in [5.41, 5.74) is 6.01. The molecule has 0 aliphatic heterocycles. The molecule has 1 rings (SSSR count). The van der Waals surface area contributed by atoms with Crippen LogP contribution in [0.4, 0.5) is 0 Å². The van der Waals surface area contributed by atoms with Crippen molar-refractivity contribution in [1.29, 1.82) is 0 Å². The minimum absolute atomic E-state index is 0.198. The molecule has 0 bridgehead atoms. The first kappa shape index (κ1) is 15.2. The molecule has 17 heavy (non-hydrogen) atoms. The Morgan fingerprint density at radius 3 is 2.59 bits per heavy atom. The molecule has 0 radical (unpaired) electrons. The second-order valence-electron chi connectivity index (χ2n) is 5.28. The summed E-state index contributed by atoms with van der Waals surface area (Å²) in [5, 5.41) is 0. The van der Waals surface area contributed by atoms with Crippen molar-refractivity contribution in [3.05, 3.63) is 20.8 Å². The van der Waals surface area contributed by atoms with Gasteiger partial charge >= 0.3 is 0 Å². The van der Waals surface area contributed by atoms with Crippen LogP contribution in [0.5, 0.6) is 0 Å².